The van der Waals surface area contributed by atoms with Crippen molar-refractivity contribution < 1.29 is 14.6 Å². The molecule has 0 amide bonds. The van der Waals surface area contributed by atoms with Crippen LogP contribution in [0.5, 0.6) is 5.75 Å². The van der Waals surface area contributed by atoms with E-state index in [1.54, 1.807) is 14.2 Å². The fraction of sp³-hybridized carbons (Fsp3) is 0.500. The van der Waals surface area contributed by atoms with Crippen molar-refractivity contribution in [3.63, 3.8) is 0 Å². The van der Waals surface area contributed by atoms with Gasteiger partial charge in [-0.25, -0.2) is 0 Å². The lowest BCUT2D eigenvalue weighted by Gasteiger charge is -2.18. The van der Waals surface area contributed by atoms with Gasteiger partial charge in [0.1, 0.15) is 12.4 Å². The summed E-state index contributed by atoms with van der Waals surface area (Å²) in [5, 5.41) is 8.82. The van der Waals surface area contributed by atoms with E-state index < -0.39 is 0 Å². The zero-order valence-electron chi connectivity index (χ0n) is 12.5. The lowest BCUT2D eigenvalue weighted by atomic mass is 10.1. The molecule has 0 aliphatic heterocycles. The van der Waals surface area contributed by atoms with Gasteiger partial charge in [0.2, 0.25) is 0 Å². The molecule has 0 unspecified atom stereocenters. The molecular weight excluding hydrogens is 254 g/mol. The molecule has 0 saturated carbocycles. The molecule has 1 aromatic rings. The number of hydrogen-bond acceptors (Lipinski definition) is 4. The lowest BCUT2D eigenvalue weighted by molar-refractivity contribution is 0.178. The van der Waals surface area contributed by atoms with Gasteiger partial charge < -0.3 is 19.5 Å². The molecule has 0 fully saturated rings. The van der Waals surface area contributed by atoms with E-state index >= 15 is 0 Å². The number of nitrogens with zero attached hydrogens (tertiary/aromatic N) is 1. The number of methoxy groups -OCH3 is 2. The number of rotatable bonds is 7. The van der Waals surface area contributed by atoms with Crippen LogP contribution in [-0.4, -0.2) is 51.0 Å². The topological polar surface area (TPSA) is 41.9 Å². The highest BCUT2D eigenvalue weighted by atomic mass is 16.5. The minimum absolute atomic E-state index is 0.130. The van der Waals surface area contributed by atoms with Gasteiger partial charge in [-0.15, -0.1) is 0 Å². The second-order valence-electron chi connectivity index (χ2n) is 4.57. The molecule has 0 aliphatic rings. The number of ether oxygens (including phenoxy) is 2. The van der Waals surface area contributed by atoms with Gasteiger partial charge in [0, 0.05) is 32.4 Å². The molecule has 4 heteroatoms. The summed E-state index contributed by atoms with van der Waals surface area (Å²) in [6, 6.07) is 5.81. The molecule has 1 rings (SSSR count). The van der Waals surface area contributed by atoms with Crippen molar-refractivity contribution in [1.82, 2.24) is 4.90 Å². The van der Waals surface area contributed by atoms with Crippen molar-refractivity contribution >= 4 is 0 Å². The molecule has 1 N–H and O–H groups in total. The van der Waals surface area contributed by atoms with Crippen LogP contribution in [-0.2, 0) is 11.3 Å². The molecule has 4 nitrogen and oxygen atoms in total. The van der Waals surface area contributed by atoms with E-state index in [1.807, 2.05) is 18.2 Å². The van der Waals surface area contributed by atoms with Crippen LogP contribution in [0.2, 0.25) is 0 Å². The predicted molar refractivity (Wildman–Crippen MR) is 79.8 cm³/mol. The Morgan fingerprint density at radius 2 is 2.10 bits per heavy atom. The Balaban J connectivity index is 2.78. The van der Waals surface area contributed by atoms with Crippen LogP contribution in [0.1, 0.15) is 17.5 Å². The number of aliphatic hydroxyl groups excluding tert-OH is 1. The molecule has 1 aromatic carbocycles. The summed E-state index contributed by atoms with van der Waals surface area (Å²) in [4.78, 5) is 2.22. The fourth-order valence-corrected chi connectivity index (χ4v) is 1.93. The van der Waals surface area contributed by atoms with Gasteiger partial charge in [-0.05, 0) is 37.2 Å². The summed E-state index contributed by atoms with van der Waals surface area (Å²) < 4.78 is 10.3. The second-order valence-corrected chi connectivity index (χ2v) is 4.57. The molecule has 0 radical (unpaired) electrons. The second kappa shape index (κ2) is 9.38. The summed E-state index contributed by atoms with van der Waals surface area (Å²) in [7, 11) is 5.43. The maximum atomic E-state index is 8.82. The first-order chi connectivity index (χ1) is 9.71. The van der Waals surface area contributed by atoms with Gasteiger partial charge in [0.25, 0.3) is 0 Å². The Morgan fingerprint density at radius 1 is 1.30 bits per heavy atom. The Hall–Kier alpha value is -1.54. The van der Waals surface area contributed by atoms with Gasteiger partial charge in [-0.1, -0.05) is 11.8 Å². The van der Waals surface area contributed by atoms with Crippen LogP contribution in [0.4, 0.5) is 0 Å². The molecule has 0 atom stereocenters. The third-order valence-corrected chi connectivity index (χ3v) is 2.94. The molecular formula is C16H23NO3. The normalized spacial score (nSPS) is 10.2. The zero-order valence-corrected chi connectivity index (χ0v) is 12.5. The number of benzene rings is 1. The molecule has 0 heterocycles. The summed E-state index contributed by atoms with van der Waals surface area (Å²) in [5.41, 5.74) is 2.03. The van der Waals surface area contributed by atoms with Crippen molar-refractivity contribution in [2.75, 3.05) is 41.0 Å². The lowest BCUT2D eigenvalue weighted by Crippen LogP contribution is -2.20. The minimum Gasteiger partial charge on any atom is -0.497 e. The first-order valence-electron chi connectivity index (χ1n) is 6.65. The van der Waals surface area contributed by atoms with E-state index in [2.05, 4.69) is 23.8 Å². The molecule has 110 valence electrons. The van der Waals surface area contributed by atoms with E-state index in [9.17, 15) is 0 Å². The Morgan fingerprint density at radius 3 is 2.75 bits per heavy atom. The molecule has 20 heavy (non-hydrogen) atoms. The van der Waals surface area contributed by atoms with Crippen molar-refractivity contribution in [2.24, 2.45) is 0 Å². The molecule has 0 saturated heterocycles. The average Bonchev–Trinajstić information content (AvgIpc) is 2.46. The first kappa shape index (κ1) is 16.5. The van der Waals surface area contributed by atoms with Crippen LogP contribution in [0.25, 0.3) is 0 Å². The largest absolute Gasteiger partial charge is 0.497 e. The van der Waals surface area contributed by atoms with E-state index in [0.717, 1.165) is 43.0 Å². The van der Waals surface area contributed by atoms with E-state index in [0.29, 0.717) is 0 Å². The van der Waals surface area contributed by atoms with Crippen LogP contribution >= 0.6 is 0 Å². The van der Waals surface area contributed by atoms with E-state index in [-0.39, 0.29) is 6.61 Å². The van der Waals surface area contributed by atoms with Gasteiger partial charge in [-0.3, -0.25) is 0 Å². The van der Waals surface area contributed by atoms with E-state index in [1.165, 1.54) is 0 Å². The first-order valence-corrected chi connectivity index (χ1v) is 6.65. The Kier molecular flexibility index (Phi) is 7.74. The molecule has 0 spiro atoms. The van der Waals surface area contributed by atoms with Crippen LogP contribution in [0, 0.1) is 11.8 Å². The maximum absolute atomic E-state index is 8.82. The average molecular weight is 277 g/mol. The standard InChI is InChI=1S/C16H23NO3/c1-17(9-5-11-19-2)13-15-12-16(20-3)8-7-14(15)6-4-10-18/h7-8,12,18H,5,9-11,13H2,1-3H3. The monoisotopic (exact) mass is 277 g/mol. The maximum Gasteiger partial charge on any atom is 0.119 e. The Labute approximate surface area is 121 Å². The summed E-state index contributed by atoms with van der Waals surface area (Å²) in [5.74, 6) is 6.49. The van der Waals surface area contributed by atoms with Crippen molar-refractivity contribution in [2.45, 2.75) is 13.0 Å². The van der Waals surface area contributed by atoms with Crippen LogP contribution in [0.3, 0.4) is 0 Å². The van der Waals surface area contributed by atoms with Crippen molar-refractivity contribution in [3.05, 3.63) is 29.3 Å². The van der Waals surface area contributed by atoms with Gasteiger partial charge >= 0.3 is 0 Å². The fourth-order valence-electron chi connectivity index (χ4n) is 1.93. The Bertz CT molecular complexity index is 463. The van der Waals surface area contributed by atoms with Crippen molar-refractivity contribution in [1.29, 1.82) is 0 Å². The molecule has 0 aliphatic carbocycles. The zero-order chi connectivity index (χ0) is 14.8. The van der Waals surface area contributed by atoms with Crippen molar-refractivity contribution in [3.8, 4) is 17.6 Å². The predicted octanol–water partition coefficient (Wildman–Crippen LogP) is 1.51. The highest BCUT2D eigenvalue weighted by molar-refractivity contribution is 5.45. The van der Waals surface area contributed by atoms with E-state index in [4.69, 9.17) is 14.6 Å². The highest BCUT2D eigenvalue weighted by Gasteiger charge is 2.06. The number of aliphatic hydroxyl groups is 1. The van der Waals surface area contributed by atoms with Gasteiger partial charge in [0.15, 0.2) is 0 Å². The van der Waals surface area contributed by atoms with Gasteiger partial charge in [0.05, 0.1) is 7.11 Å². The highest BCUT2D eigenvalue weighted by Crippen LogP contribution is 2.18. The minimum atomic E-state index is -0.130. The third-order valence-electron chi connectivity index (χ3n) is 2.94. The molecule has 0 bridgehead atoms. The molecule has 0 aromatic heterocycles. The summed E-state index contributed by atoms with van der Waals surface area (Å²) in [6.07, 6.45) is 0.995. The van der Waals surface area contributed by atoms with Crippen LogP contribution in [0.15, 0.2) is 18.2 Å². The van der Waals surface area contributed by atoms with Crippen LogP contribution < -0.4 is 4.74 Å². The third kappa shape index (κ3) is 5.62. The summed E-state index contributed by atoms with van der Waals surface area (Å²) >= 11 is 0. The summed E-state index contributed by atoms with van der Waals surface area (Å²) in [6.45, 7) is 2.38. The SMILES string of the molecule is COCCCN(C)Cc1cc(OC)ccc1C#CCO. The number of hydrogen-bond donors (Lipinski definition) is 1. The van der Waals surface area contributed by atoms with Gasteiger partial charge in [-0.2, -0.15) is 0 Å². The quantitative estimate of drug-likeness (QED) is 0.606. The smallest absolute Gasteiger partial charge is 0.119 e.